The average Bonchev–Trinajstić information content (AvgIpc) is 3.38. The van der Waals surface area contributed by atoms with Crippen molar-refractivity contribution >= 4 is 11.7 Å². The molecule has 31 heavy (non-hydrogen) atoms. The molecule has 1 saturated heterocycles. The van der Waals surface area contributed by atoms with Crippen LogP contribution in [0.4, 0.5) is 19.0 Å². The Kier molecular flexibility index (Phi) is 4.72. The lowest BCUT2D eigenvalue weighted by Gasteiger charge is -2.33. The smallest absolute Gasteiger partial charge is 0.410 e. The summed E-state index contributed by atoms with van der Waals surface area (Å²) in [4.78, 5) is 16.6. The maximum atomic E-state index is 13.9. The highest BCUT2D eigenvalue weighted by Gasteiger charge is 2.47. The summed E-state index contributed by atoms with van der Waals surface area (Å²) in [5, 5.41) is 7.18. The van der Waals surface area contributed by atoms with Crippen molar-refractivity contribution in [3.8, 4) is 11.5 Å². The van der Waals surface area contributed by atoms with Gasteiger partial charge in [0.1, 0.15) is 5.82 Å². The third-order valence-corrected chi connectivity index (χ3v) is 6.00. The van der Waals surface area contributed by atoms with Crippen molar-refractivity contribution in [3.05, 3.63) is 35.5 Å². The SMILES string of the molecule is CN1CCN(C(=O)c2cc3n(n2)[C@@H](C(F)(F)F)C[C@H](c2ccc4c(c2)OCO4)N3)CC1. The summed E-state index contributed by atoms with van der Waals surface area (Å²) in [5.41, 5.74) is 0.672. The van der Waals surface area contributed by atoms with Crippen molar-refractivity contribution in [1.82, 2.24) is 19.6 Å². The number of nitrogens with zero attached hydrogens (tertiary/aromatic N) is 4. The first-order valence-corrected chi connectivity index (χ1v) is 10.1. The molecule has 8 nitrogen and oxygen atoms in total. The van der Waals surface area contributed by atoms with E-state index in [4.69, 9.17) is 9.47 Å². The zero-order valence-corrected chi connectivity index (χ0v) is 16.9. The lowest BCUT2D eigenvalue weighted by Crippen LogP contribution is -2.47. The van der Waals surface area contributed by atoms with Crippen LogP contribution in [-0.2, 0) is 0 Å². The number of hydrogen-bond acceptors (Lipinski definition) is 6. The van der Waals surface area contributed by atoms with Gasteiger partial charge in [-0.2, -0.15) is 18.3 Å². The molecule has 3 aliphatic heterocycles. The summed E-state index contributed by atoms with van der Waals surface area (Å²) in [6.45, 7) is 2.57. The maximum absolute atomic E-state index is 13.9. The van der Waals surface area contributed by atoms with E-state index in [1.54, 1.807) is 23.1 Å². The summed E-state index contributed by atoms with van der Waals surface area (Å²) < 4.78 is 53.2. The molecule has 2 atom stereocenters. The number of fused-ring (bicyclic) bond motifs is 2. The molecule has 11 heteroatoms. The first kappa shape index (κ1) is 20.0. The van der Waals surface area contributed by atoms with E-state index in [2.05, 4.69) is 15.3 Å². The van der Waals surface area contributed by atoms with Crippen molar-refractivity contribution in [2.75, 3.05) is 45.3 Å². The Morgan fingerprint density at radius 1 is 1.13 bits per heavy atom. The van der Waals surface area contributed by atoms with Gasteiger partial charge in [0.05, 0.1) is 6.04 Å². The molecule has 1 fully saturated rings. The number of piperazine rings is 1. The number of alkyl halides is 3. The average molecular weight is 437 g/mol. The molecular weight excluding hydrogens is 415 g/mol. The second-order valence-corrected chi connectivity index (χ2v) is 8.06. The maximum Gasteiger partial charge on any atom is 0.410 e. The molecule has 0 bridgehead atoms. The third kappa shape index (κ3) is 3.67. The summed E-state index contributed by atoms with van der Waals surface area (Å²) in [6.07, 6.45) is -4.76. The Balaban J connectivity index is 1.44. The van der Waals surface area contributed by atoms with Gasteiger partial charge in [0.15, 0.2) is 23.2 Å². The highest BCUT2D eigenvalue weighted by Crippen LogP contribution is 2.45. The Morgan fingerprint density at radius 2 is 1.87 bits per heavy atom. The minimum absolute atomic E-state index is 0.0210. The number of anilines is 1. The monoisotopic (exact) mass is 437 g/mol. The van der Waals surface area contributed by atoms with E-state index >= 15 is 0 Å². The molecule has 1 aromatic heterocycles. The molecule has 5 rings (SSSR count). The van der Waals surface area contributed by atoms with Crippen LogP contribution >= 0.6 is 0 Å². The van der Waals surface area contributed by atoms with E-state index < -0.39 is 18.3 Å². The normalized spacial score (nSPS) is 23.4. The van der Waals surface area contributed by atoms with Gasteiger partial charge < -0.3 is 24.6 Å². The van der Waals surface area contributed by atoms with Crippen LogP contribution in [0.25, 0.3) is 0 Å². The van der Waals surface area contributed by atoms with Gasteiger partial charge >= 0.3 is 6.18 Å². The fourth-order valence-corrected chi connectivity index (χ4v) is 4.20. The molecular formula is C20H22F3N5O3. The van der Waals surface area contributed by atoms with Crippen molar-refractivity contribution < 1.29 is 27.4 Å². The molecule has 1 N–H and O–H groups in total. The lowest BCUT2D eigenvalue weighted by atomic mass is 9.96. The molecule has 1 aromatic carbocycles. The predicted molar refractivity (Wildman–Crippen MR) is 104 cm³/mol. The summed E-state index contributed by atoms with van der Waals surface area (Å²) in [7, 11) is 1.96. The molecule has 0 radical (unpaired) electrons. The topological polar surface area (TPSA) is 71.9 Å². The fraction of sp³-hybridized carbons (Fsp3) is 0.500. The summed E-state index contributed by atoms with van der Waals surface area (Å²) in [5.74, 6) is 0.899. The fourth-order valence-electron chi connectivity index (χ4n) is 4.20. The minimum atomic E-state index is -4.51. The highest BCUT2D eigenvalue weighted by atomic mass is 19.4. The van der Waals surface area contributed by atoms with E-state index in [-0.39, 0.29) is 30.6 Å². The third-order valence-electron chi connectivity index (χ3n) is 6.00. The number of nitrogens with one attached hydrogen (secondary N) is 1. The second-order valence-electron chi connectivity index (χ2n) is 8.06. The standard InChI is InChI=1S/C20H22F3N5O3/c1-26-4-6-27(7-5-26)19(29)14-10-18-24-13(9-17(20(21,22)23)28(18)25-14)12-2-3-15-16(8-12)31-11-30-15/h2-3,8,10,13,17,24H,4-7,9,11H2,1H3/t13-,17-/m1/s1. The van der Waals surface area contributed by atoms with Gasteiger partial charge in [0.2, 0.25) is 6.79 Å². The van der Waals surface area contributed by atoms with Gasteiger partial charge in [0.25, 0.3) is 5.91 Å². The van der Waals surface area contributed by atoms with E-state index in [0.717, 1.165) is 17.8 Å². The number of carbonyl (C=O) groups excluding carboxylic acids is 1. The van der Waals surface area contributed by atoms with Crippen LogP contribution in [-0.4, -0.2) is 71.7 Å². The van der Waals surface area contributed by atoms with E-state index in [9.17, 15) is 18.0 Å². The zero-order chi connectivity index (χ0) is 21.8. The van der Waals surface area contributed by atoms with Gasteiger partial charge in [-0.25, -0.2) is 4.68 Å². The first-order valence-electron chi connectivity index (χ1n) is 10.1. The number of hydrogen-bond donors (Lipinski definition) is 1. The lowest BCUT2D eigenvalue weighted by molar-refractivity contribution is -0.173. The molecule has 1 amide bonds. The van der Waals surface area contributed by atoms with Gasteiger partial charge in [-0.15, -0.1) is 0 Å². The predicted octanol–water partition coefficient (Wildman–Crippen LogP) is 2.66. The van der Waals surface area contributed by atoms with Crippen LogP contribution in [0.2, 0.25) is 0 Å². The van der Waals surface area contributed by atoms with Gasteiger partial charge in [-0.3, -0.25) is 4.79 Å². The van der Waals surface area contributed by atoms with Crippen LogP contribution in [0, 0.1) is 0 Å². The molecule has 0 saturated carbocycles. The second kappa shape index (κ2) is 7.33. The summed E-state index contributed by atoms with van der Waals surface area (Å²) in [6, 6.07) is 4.07. The number of amides is 1. The van der Waals surface area contributed by atoms with Crippen molar-refractivity contribution in [1.29, 1.82) is 0 Å². The molecule has 166 valence electrons. The Labute approximate surface area is 176 Å². The molecule has 3 aliphatic rings. The number of likely N-dealkylation sites (N-methyl/N-ethyl adjacent to an activating group) is 1. The van der Waals surface area contributed by atoms with E-state index in [0.29, 0.717) is 30.2 Å². The van der Waals surface area contributed by atoms with Crippen LogP contribution < -0.4 is 14.8 Å². The van der Waals surface area contributed by atoms with Gasteiger partial charge in [0, 0.05) is 38.7 Å². The Hall–Kier alpha value is -2.95. The number of ether oxygens (including phenoxy) is 2. The number of halogens is 3. The van der Waals surface area contributed by atoms with Crippen molar-refractivity contribution in [2.45, 2.75) is 24.7 Å². The minimum Gasteiger partial charge on any atom is -0.454 e. The Morgan fingerprint density at radius 3 is 2.61 bits per heavy atom. The number of rotatable bonds is 2. The van der Waals surface area contributed by atoms with Gasteiger partial charge in [-0.05, 0) is 24.7 Å². The Bertz CT molecular complexity index is 1000. The van der Waals surface area contributed by atoms with Crippen LogP contribution in [0.3, 0.4) is 0 Å². The first-order chi connectivity index (χ1) is 14.8. The summed E-state index contributed by atoms with van der Waals surface area (Å²) >= 11 is 0. The van der Waals surface area contributed by atoms with E-state index in [1.165, 1.54) is 6.07 Å². The van der Waals surface area contributed by atoms with Crippen LogP contribution in [0.5, 0.6) is 11.5 Å². The highest BCUT2D eigenvalue weighted by molar-refractivity contribution is 5.93. The number of benzene rings is 1. The molecule has 4 heterocycles. The van der Waals surface area contributed by atoms with Crippen molar-refractivity contribution in [2.24, 2.45) is 0 Å². The molecule has 2 aromatic rings. The number of carbonyl (C=O) groups is 1. The van der Waals surface area contributed by atoms with Crippen molar-refractivity contribution in [3.63, 3.8) is 0 Å². The largest absolute Gasteiger partial charge is 0.454 e. The van der Waals surface area contributed by atoms with Crippen LogP contribution in [0.15, 0.2) is 24.3 Å². The van der Waals surface area contributed by atoms with Gasteiger partial charge in [-0.1, -0.05) is 6.07 Å². The van der Waals surface area contributed by atoms with E-state index in [1.807, 2.05) is 7.05 Å². The molecule has 0 unspecified atom stereocenters. The quantitative estimate of drug-likeness (QED) is 0.779. The molecule has 0 aliphatic carbocycles. The zero-order valence-electron chi connectivity index (χ0n) is 16.9. The number of aromatic nitrogens is 2. The van der Waals surface area contributed by atoms with Crippen LogP contribution in [0.1, 0.15) is 34.6 Å². The molecule has 0 spiro atoms.